The van der Waals surface area contributed by atoms with Gasteiger partial charge in [-0.15, -0.1) is 0 Å². The monoisotopic (exact) mass is 272 g/mol. The van der Waals surface area contributed by atoms with Crippen LogP contribution >= 0.6 is 0 Å². The van der Waals surface area contributed by atoms with Crippen molar-refractivity contribution in [3.63, 3.8) is 0 Å². The minimum absolute atomic E-state index is 0.360. The molecular weight excluding hydrogens is 252 g/mol. The number of benzene rings is 1. The van der Waals surface area contributed by atoms with Gasteiger partial charge >= 0.3 is 5.97 Å². The van der Waals surface area contributed by atoms with Gasteiger partial charge in [-0.3, -0.25) is 0 Å². The molecule has 0 saturated heterocycles. The van der Waals surface area contributed by atoms with E-state index in [0.29, 0.717) is 11.6 Å². The predicted molar refractivity (Wildman–Crippen MR) is 78.0 cm³/mol. The average Bonchev–Trinajstić information content (AvgIpc) is 2.91. The summed E-state index contributed by atoms with van der Waals surface area (Å²) in [5, 5.41) is 9.38. The van der Waals surface area contributed by atoms with Gasteiger partial charge in [0.15, 0.2) is 0 Å². The van der Waals surface area contributed by atoms with Crippen LogP contribution in [-0.2, 0) is 0 Å². The summed E-state index contributed by atoms with van der Waals surface area (Å²) < 4.78 is 2.10. The Morgan fingerprint density at radius 3 is 3.05 bits per heavy atom. The van der Waals surface area contributed by atoms with Gasteiger partial charge in [0.2, 0.25) is 0 Å². The van der Waals surface area contributed by atoms with E-state index in [1.807, 2.05) is 12.4 Å². The largest absolute Gasteiger partial charge is 0.478 e. The third-order valence-corrected chi connectivity index (χ3v) is 4.55. The number of fused-ring (bicyclic) bond motifs is 1. The van der Waals surface area contributed by atoms with E-state index in [9.17, 15) is 9.90 Å². The van der Waals surface area contributed by atoms with Gasteiger partial charge in [-0.25, -0.2) is 9.78 Å². The molecule has 2 aromatic rings. The molecule has 3 rings (SSSR count). The van der Waals surface area contributed by atoms with Crippen LogP contribution in [0.25, 0.3) is 11.0 Å². The lowest BCUT2D eigenvalue weighted by molar-refractivity contribution is 0.0698. The molecule has 1 aromatic carbocycles. The lowest BCUT2D eigenvalue weighted by Crippen LogP contribution is -2.19. The van der Waals surface area contributed by atoms with E-state index < -0.39 is 5.97 Å². The summed E-state index contributed by atoms with van der Waals surface area (Å²) >= 11 is 0. The highest BCUT2D eigenvalue weighted by Gasteiger charge is 2.24. The Morgan fingerprint density at radius 2 is 2.30 bits per heavy atom. The summed E-state index contributed by atoms with van der Waals surface area (Å²) in [5.41, 5.74) is 1.92. The maximum Gasteiger partial charge on any atom is 0.337 e. The average molecular weight is 272 g/mol. The summed E-state index contributed by atoms with van der Waals surface area (Å²) in [5.74, 6) is -0.122. The molecule has 1 N–H and O–H groups in total. The number of carboxylic acids is 1. The molecule has 1 fully saturated rings. The minimum Gasteiger partial charge on any atom is -0.478 e. The smallest absolute Gasteiger partial charge is 0.337 e. The molecule has 4 nitrogen and oxygen atoms in total. The molecule has 20 heavy (non-hydrogen) atoms. The van der Waals surface area contributed by atoms with Gasteiger partial charge in [-0.1, -0.05) is 32.3 Å². The molecule has 1 aromatic heterocycles. The highest BCUT2D eigenvalue weighted by Crippen LogP contribution is 2.36. The Hall–Kier alpha value is -1.84. The van der Waals surface area contributed by atoms with Crippen LogP contribution < -0.4 is 0 Å². The van der Waals surface area contributed by atoms with E-state index in [2.05, 4.69) is 16.5 Å². The molecule has 2 atom stereocenters. The second kappa shape index (κ2) is 5.27. The Morgan fingerprint density at radius 1 is 1.45 bits per heavy atom. The number of para-hydroxylation sites is 1. The van der Waals surface area contributed by atoms with Gasteiger partial charge in [0.25, 0.3) is 0 Å². The van der Waals surface area contributed by atoms with Crippen molar-refractivity contribution in [2.24, 2.45) is 5.92 Å². The van der Waals surface area contributed by atoms with E-state index >= 15 is 0 Å². The van der Waals surface area contributed by atoms with Crippen LogP contribution in [-0.4, -0.2) is 20.6 Å². The summed E-state index contributed by atoms with van der Waals surface area (Å²) in [6.07, 6.45) is 7.80. The van der Waals surface area contributed by atoms with Crippen LogP contribution in [0, 0.1) is 5.92 Å². The number of hydrogen-bond acceptors (Lipinski definition) is 2. The molecule has 0 amide bonds. The fourth-order valence-electron chi connectivity index (χ4n) is 3.42. The number of hydrogen-bond donors (Lipinski definition) is 1. The molecule has 0 radical (unpaired) electrons. The van der Waals surface area contributed by atoms with Crippen molar-refractivity contribution in [3.05, 3.63) is 30.1 Å². The van der Waals surface area contributed by atoms with Crippen LogP contribution in [0.2, 0.25) is 0 Å². The Kier molecular flexibility index (Phi) is 3.47. The first-order valence-corrected chi connectivity index (χ1v) is 7.39. The third kappa shape index (κ3) is 2.19. The molecular formula is C16H20N2O2. The van der Waals surface area contributed by atoms with Crippen LogP contribution in [0.3, 0.4) is 0 Å². The van der Waals surface area contributed by atoms with E-state index in [-0.39, 0.29) is 0 Å². The van der Waals surface area contributed by atoms with Gasteiger partial charge in [0.1, 0.15) is 0 Å². The number of imidazole rings is 1. The molecule has 1 aliphatic rings. The van der Waals surface area contributed by atoms with Gasteiger partial charge < -0.3 is 9.67 Å². The summed E-state index contributed by atoms with van der Waals surface area (Å²) in [4.78, 5) is 15.8. The molecule has 1 saturated carbocycles. The molecule has 2 unspecified atom stereocenters. The maximum absolute atomic E-state index is 11.4. The number of carboxylic acid groups (broad SMARTS) is 1. The van der Waals surface area contributed by atoms with E-state index in [0.717, 1.165) is 29.8 Å². The van der Waals surface area contributed by atoms with Crippen LogP contribution in [0.4, 0.5) is 0 Å². The van der Waals surface area contributed by atoms with E-state index in [1.165, 1.54) is 19.3 Å². The van der Waals surface area contributed by atoms with Crippen molar-refractivity contribution in [1.29, 1.82) is 0 Å². The second-order valence-corrected chi connectivity index (χ2v) is 5.73. The summed E-state index contributed by atoms with van der Waals surface area (Å²) in [6.45, 7) is 2.24. The highest BCUT2D eigenvalue weighted by molar-refractivity contribution is 6.01. The van der Waals surface area contributed by atoms with Crippen LogP contribution in [0.5, 0.6) is 0 Å². The minimum atomic E-state index is -0.875. The van der Waals surface area contributed by atoms with Crippen molar-refractivity contribution in [2.75, 3.05) is 0 Å². The first-order chi connectivity index (χ1) is 9.70. The maximum atomic E-state index is 11.4. The van der Waals surface area contributed by atoms with Gasteiger partial charge in [-0.2, -0.15) is 0 Å². The molecule has 4 heteroatoms. The molecule has 1 aliphatic carbocycles. The van der Waals surface area contributed by atoms with Gasteiger partial charge in [0.05, 0.1) is 22.9 Å². The third-order valence-electron chi connectivity index (χ3n) is 4.55. The van der Waals surface area contributed by atoms with Crippen molar-refractivity contribution in [1.82, 2.24) is 9.55 Å². The first-order valence-electron chi connectivity index (χ1n) is 7.39. The number of aromatic nitrogens is 2. The van der Waals surface area contributed by atoms with Crippen LogP contribution in [0.15, 0.2) is 24.5 Å². The molecule has 0 spiro atoms. The SMILES string of the molecule is CCC1CCCC(n2cnc3cccc(C(=O)O)c32)C1. The van der Waals surface area contributed by atoms with E-state index in [1.54, 1.807) is 12.1 Å². The Labute approximate surface area is 118 Å². The van der Waals surface area contributed by atoms with Crippen LogP contribution in [0.1, 0.15) is 55.4 Å². The normalized spacial score (nSPS) is 23.1. The fraction of sp³-hybridized carbons (Fsp3) is 0.500. The van der Waals surface area contributed by atoms with Crippen molar-refractivity contribution >= 4 is 17.0 Å². The zero-order valence-corrected chi connectivity index (χ0v) is 11.7. The number of aromatic carboxylic acids is 1. The molecule has 0 aliphatic heterocycles. The Balaban J connectivity index is 2.05. The Bertz CT molecular complexity index is 632. The number of rotatable bonds is 3. The van der Waals surface area contributed by atoms with E-state index in [4.69, 9.17) is 0 Å². The lowest BCUT2D eigenvalue weighted by atomic mass is 9.84. The van der Waals surface area contributed by atoms with Crippen molar-refractivity contribution in [3.8, 4) is 0 Å². The van der Waals surface area contributed by atoms with Gasteiger partial charge in [-0.05, 0) is 30.9 Å². The van der Waals surface area contributed by atoms with Crippen molar-refractivity contribution < 1.29 is 9.90 Å². The number of nitrogens with zero attached hydrogens (tertiary/aromatic N) is 2. The standard InChI is InChI=1S/C16H20N2O2/c1-2-11-5-3-6-12(9-11)18-10-17-14-8-4-7-13(15(14)18)16(19)20/h4,7-8,10-12H,2-3,5-6,9H2,1H3,(H,19,20). The lowest BCUT2D eigenvalue weighted by Gasteiger charge is -2.30. The molecule has 0 bridgehead atoms. The summed E-state index contributed by atoms with van der Waals surface area (Å²) in [7, 11) is 0. The zero-order valence-electron chi connectivity index (χ0n) is 11.7. The second-order valence-electron chi connectivity index (χ2n) is 5.73. The van der Waals surface area contributed by atoms with Crippen molar-refractivity contribution in [2.45, 2.75) is 45.1 Å². The highest BCUT2D eigenvalue weighted by atomic mass is 16.4. The molecule has 106 valence electrons. The van der Waals surface area contributed by atoms with Gasteiger partial charge in [0, 0.05) is 6.04 Å². The zero-order chi connectivity index (χ0) is 14.1. The quantitative estimate of drug-likeness (QED) is 0.922. The first kappa shape index (κ1) is 13.2. The summed E-state index contributed by atoms with van der Waals surface area (Å²) in [6, 6.07) is 5.71. The topological polar surface area (TPSA) is 55.1 Å². The molecule has 1 heterocycles. The number of carbonyl (C=O) groups is 1. The predicted octanol–water partition coefficient (Wildman–Crippen LogP) is 3.88. The fourth-order valence-corrected chi connectivity index (χ4v) is 3.42.